The highest BCUT2D eigenvalue weighted by atomic mass is 16.5. The summed E-state index contributed by atoms with van der Waals surface area (Å²) in [6, 6.07) is 8.48. The largest absolute Gasteiger partial charge is 0.494 e. The molecule has 0 heterocycles. The summed E-state index contributed by atoms with van der Waals surface area (Å²) in [6.45, 7) is 6.67. The summed E-state index contributed by atoms with van der Waals surface area (Å²) in [5.41, 5.74) is 1.97. The van der Waals surface area contributed by atoms with Crippen LogP contribution in [0.1, 0.15) is 30.9 Å². The first kappa shape index (κ1) is 14.5. The summed E-state index contributed by atoms with van der Waals surface area (Å²) in [5.74, 6) is 0.913. The first-order valence-corrected chi connectivity index (χ1v) is 6.30. The van der Waals surface area contributed by atoms with E-state index < -0.39 is 5.54 Å². The Kier molecular flexibility index (Phi) is 5.18. The van der Waals surface area contributed by atoms with E-state index in [0.717, 1.165) is 18.6 Å². The molecule has 0 aliphatic carbocycles. The van der Waals surface area contributed by atoms with Crippen LogP contribution in [0.5, 0.6) is 5.75 Å². The molecule has 0 spiro atoms. The van der Waals surface area contributed by atoms with Gasteiger partial charge in [0.25, 0.3) is 0 Å². The Morgan fingerprint density at radius 1 is 1.28 bits per heavy atom. The molecule has 0 aliphatic rings. The fourth-order valence-corrected chi connectivity index (χ4v) is 1.87. The third-order valence-corrected chi connectivity index (χ3v) is 3.08. The minimum Gasteiger partial charge on any atom is -0.494 e. The third kappa shape index (κ3) is 4.38. The van der Waals surface area contributed by atoms with Crippen molar-refractivity contribution in [3.8, 4) is 11.8 Å². The van der Waals surface area contributed by atoms with Crippen molar-refractivity contribution in [2.75, 3.05) is 13.7 Å². The zero-order valence-corrected chi connectivity index (χ0v) is 11.7. The van der Waals surface area contributed by atoms with E-state index in [9.17, 15) is 0 Å². The normalized spacial score (nSPS) is 13.7. The fourth-order valence-electron chi connectivity index (χ4n) is 1.87. The summed E-state index contributed by atoms with van der Waals surface area (Å²) >= 11 is 0. The third-order valence-electron chi connectivity index (χ3n) is 3.08. The number of rotatable bonds is 6. The molecule has 0 fully saturated rings. The number of aryl methyl sites for hydroxylation is 2. The lowest BCUT2D eigenvalue weighted by atomic mass is 9.98. The van der Waals surface area contributed by atoms with Crippen LogP contribution in [0.25, 0.3) is 0 Å². The molecular formula is C15H22N2O. The van der Waals surface area contributed by atoms with Crippen LogP contribution in [-0.2, 0) is 0 Å². The summed E-state index contributed by atoms with van der Waals surface area (Å²) < 4.78 is 5.71. The van der Waals surface area contributed by atoms with Crippen molar-refractivity contribution in [1.29, 1.82) is 5.26 Å². The predicted octanol–water partition coefficient (Wildman–Crippen LogP) is 2.96. The SMILES string of the molecule is CNC(C)(C#N)CCCOc1cc(C)cc(C)c1. The van der Waals surface area contributed by atoms with Gasteiger partial charge in [-0.25, -0.2) is 0 Å². The molecule has 1 atom stereocenters. The van der Waals surface area contributed by atoms with Gasteiger partial charge in [0.15, 0.2) is 0 Å². The molecule has 1 unspecified atom stereocenters. The van der Waals surface area contributed by atoms with Crippen molar-refractivity contribution >= 4 is 0 Å². The molecule has 0 bridgehead atoms. The van der Waals surface area contributed by atoms with Crippen molar-refractivity contribution in [1.82, 2.24) is 5.32 Å². The smallest absolute Gasteiger partial charge is 0.119 e. The maximum absolute atomic E-state index is 9.02. The van der Waals surface area contributed by atoms with Crippen molar-refractivity contribution in [3.63, 3.8) is 0 Å². The number of ether oxygens (including phenoxy) is 1. The highest BCUT2D eigenvalue weighted by Gasteiger charge is 2.19. The molecule has 3 nitrogen and oxygen atoms in total. The van der Waals surface area contributed by atoms with Gasteiger partial charge in [0.1, 0.15) is 11.3 Å². The zero-order valence-electron chi connectivity index (χ0n) is 11.7. The zero-order chi connectivity index (χ0) is 13.6. The van der Waals surface area contributed by atoms with Crippen molar-refractivity contribution in [2.24, 2.45) is 0 Å². The molecule has 0 aliphatic heterocycles. The maximum atomic E-state index is 9.02. The van der Waals surface area contributed by atoms with Crippen LogP contribution in [0, 0.1) is 25.2 Å². The van der Waals surface area contributed by atoms with Gasteiger partial charge in [-0.3, -0.25) is 0 Å². The highest BCUT2D eigenvalue weighted by molar-refractivity contribution is 5.32. The van der Waals surface area contributed by atoms with Crippen LogP contribution < -0.4 is 10.1 Å². The number of nitrogens with one attached hydrogen (secondary N) is 1. The molecule has 1 rings (SSSR count). The van der Waals surface area contributed by atoms with Crippen molar-refractivity contribution in [3.05, 3.63) is 29.3 Å². The first-order valence-electron chi connectivity index (χ1n) is 6.30. The number of benzene rings is 1. The summed E-state index contributed by atoms with van der Waals surface area (Å²) in [4.78, 5) is 0. The Morgan fingerprint density at radius 3 is 2.39 bits per heavy atom. The fraction of sp³-hybridized carbons (Fsp3) is 0.533. The van der Waals surface area contributed by atoms with E-state index in [2.05, 4.69) is 31.3 Å². The lowest BCUT2D eigenvalue weighted by molar-refractivity contribution is 0.288. The number of nitrogens with zero attached hydrogens (tertiary/aromatic N) is 1. The van der Waals surface area contributed by atoms with Gasteiger partial charge in [0.05, 0.1) is 12.7 Å². The Labute approximate surface area is 110 Å². The molecule has 0 radical (unpaired) electrons. The summed E-state index contributed by atoms with van der Waals surface area (Å²) in [6.07, 6.45) is 1.64. The number of hydrogen-bond acceptors (Lipinski definition) is 3. The summed E-state index contributed by atoms with van der Waals surface area (Å²) in [5, 5.41) is 12.0. The molecular weight excluding hydrogens is 224 g/mol. The molecule has 98 valence electrons. The molecule has 1 N–H and O–H groups in total. The van der Waals surface area contributed by atoms with E-state index in [1.165, 1.54) is 11.1 Å². The molecule has 1 aromatic rings. The maximum Gasteiger partial charge on any atom is 0.119 e. The van der Waals surface area contributed by atoms with Gasteiger partial charge in [-0.05, 0) is 63.9 Å². The highest BCUT2D eigenvalue weighted by Crippen LogP contribution is 2.17. The quantitative estimate of drug-likeness (QED) is 0.785. The van der Waals surface area contributed by atoms with E-state index in [1.807, 2.05) is 26.1 Å². The van der Waals surface area contributed by atoms with Gasteiger partial charge >= 0.3 is 0 Å². The molecule has 0 saturated heterocycles. The lowest BCUT2D eigenvalue weighted by Crippen LogP contribution is -2.38. The van der Waals surface area contributed by atoms with Crippen LogP contribution in [-0.4, -0.2) is 19.2 Å². The van der Waals surface area contributed by atoms with Gasteiger partial charge in [-0.2, -0.15) is 5.26 Å². The van der Waals surface area contributed by atoms with Crippen molar-refractivity contribution < 1.29 is 4.74 Å². The molecule has 3 heteroatoms. The number of hydrogen-bond donors (Lipinski definition) is 1. The summed E-state index contributed by atoms with van der Waals surface area (Å²) in [7, 11) is 1.81. The number of nitriles is 1. The minimum absolute atomic E-state index is 0.452. The van der Waals surface area contributed by atoms with Gasteiger partial charge < -0.3 is 10.1 Å². The van der Waals surface area contributed by atoms with Gasteiger partial charge in [-0.1, -0.05) is 6.07 Å². The standard InChI is InChI=1S/C15H22N2O/c1-12-8-13(2)10-14(9-12)18-7-5-6-15(3,11-16)17-4/h8-10,17H,5-7H2,1-4H3. The van der Waals surface area contributed by atoms with Crippen LogP contribution in [0.15, 0.2) is 18.2 Å². The average molecular weight is 246 g/mol. The molecule has 0 saturated carbocycles. The molecule has 0 amide bonds. The second kappa shape index (κ2) is 6.42. The van der Waals surface area contributed by atoms with E-state index in [1.54, 1.807) is 0 Å². The van der Waals surface area contributed by atoms with Crippen LogP contribution >= 0.6 is 0 Å². The lowest BCUT2D eigenvalue weighted by Gasteiger charge is -2.20. The van der Waals surface area contributed by atoms with Gasteiger partial charge in [-0.15, -0.1) is 0 Å². The van der Waals surface area contributed by atoms with Crippen LogP contribution in [0.4, 0.5) is 0 Å². The minimum atomic E-state index is -0.452. The second-order valence-corrected chi connectivity index (χ2v) is 4.97. The Balaban J connectivity index is 2.41. The van der Waals surface area contributed by atoms with E-state index >= 15 is 0 Å². The van der Waals surface area contributed by atoms with Gasteiger partial charge in [0, 0.05) is 0 Å². The average Bonchev–Trinajstić information content (AvgIpc) is 2.33. The Bertz CT molecular complexity index is 416. The van der Waals surface area contributed by atoms with E-state index in [-0.39, 0.29) is 0 Å². The van der Waals surface area contributed by atoms with E-state index in [0.29, 0.717) is 6.61 Å². The Hall–Kier alpha value is -1.53. The molecule has 0 aromatic heterocycles. The van der Waals surface area contributed by atoms with Gasteiger partial charge in [0.2, 0.25) is 0 Å². The van der Waals surface area contributed by atoms with Crippen LogP contribution in [0.2, 0.25) is 0 Å². The second-order valence-electron chi connectivity index (χ2n) is 4.97. The van der Waals surface area contributed by atoms with Crippen LogP contribution in [0.3, 0.4) is 0 Å². The predicted molar refractivity (Wildman–Crippen MR) is 73.7 cm³/mol. The molecule has 18 heavy (non-hydrogen) atoms. The molecule has 1 aromatic carbocycles. The monoisotopic (exact) mass is 246 g/mol. The van der Waals surface area contributed by atoms with E-state index in [4.69, 9.17) is 10.00 Å². The Morgan fingerprint density at radius 2 is 1.89 bits per heavy atom. The first-order chi connectivity index (χ1) is 8.49. The van der Waals surface area contributed by atoms with Crippen molar-refractivity contribution in [2.45, 2.75) is 39.2 Å². The topological polar surface area (TPSA) is 45.0 Å².